The predicted octanol–water partition coefficient (Wildman–Crippen LogP) is 3.42. The molecule has 1 aromatic carbocycles. The fourth-order valence-electron chi connectivity index (χ4n) is 3.89. The summed E-state index contributed by atoms with van der Waals surface area (Å²) in [4.78, 5) is 12.3. The Balaban J connectivity index is 1.61. The lowest BCUT2D eigenvalue weighted by Gasteiger charge is -2.58. The highest BCUT2D eigenvalue weighted by Crippen LogP contribution is 2.52. The summed E-state index contributed by atoms with van der Waals surface area (Å²) in [5.74, 6) is 0.447. The van der Waals surface area contributed by atoms with E-state index in [4.69, 9.17) is 0 Å². The minimum Gasteiger partial charge on any atom is -0.344 e. The van der Waals surface area contributed by atoms with Crippen molar-refractivity contribution in [3.63, 3.8) is 0 Å². The van der Waals surface area contributed by atoms with Crippen LogP contribution in [0.5, 0.6) is 0 Å². The van der Waals surface area contributed by atoms with E-state index < -0.39 is 11.7 Å². The van der Waals surface area contributed by atoms with Gasteiger partial charge in [0.2, 0.25) is 6.41 Å². The SMILES string of the molecule is Cc1ccc(CC2CC3(C2)CN(C=O)C3)cc1C(F)(F)F. The molecule has 1 amide bonds. The fraction of sp³-hybridized carbons (Fsp3) is 0.562. The first-order valence-corrected chi connectivity index (χ1v) is 7.17. The van der Waals surface area contributed by atoms with E-state index in [1.807, 2.05) is 0 Å². The van der Waals surface area contributed by atoms with Crippen LogP contribution in [0.3, 0.4) is 0 Å². The number of nitrogens with zero attached hydrogens (tertiary/aromatic N) is 1. The van der Waals surface area contributed by atoms with Crippen LogP contribution < -0.4 is 0 Å². The molecule has 3 rings (SSSR count). The molecular formula is C16H18F3NO. The number of carbonyl (C=O) groups is 1. The first-order chi connectivity index (χ1) is 9.81. The van der Waals surface area contributed by atoms with Gasteiger partial charge in [-0.3, -0.25) is 4.79 Å². The summed E-state index contributed by atoms with van der Waals surface area (Å²) in [6.45, 7) is 3.12. The summed E-state index contributed by atoms with van der Waals surface area (Å²) in [6.07, 6.45) is -0.668. The molecule has 0 aromatic heterocycles. The summed E-state index contributed by atoms with van der Waals surface area (Å²) in [6, 6.07) is 4.65. The number of alkyl halides is 3. The highest BCUT2D eigenvalue weighted by Gasteiger charge is 2.51. The molecule has 114 valence electrons. The molecule has 2 nitrogen and oxygen atoms in total. The highest BCUT2D eigenvalue weighted by molar-refractivity contribution is 5.49. The molecule has 5 heteroatoms. The molecule has 0 unspecified atom stereocenters. The summed E-state index contributed by atoms with van der Waals surface area (Å²) < 4.78 is 38.7. The molecular weight excluding hydrogens is 279 g/mol. The Morgan fingerprint density at radius 2 is 2.00 bits per heavy atom. The molecule has 1 saturated carbocycles. The molecule has 2 fully saturated rings. The van der Waals surface area contributed by atoms with Crippen LogP contribution in [0.2, 0.25) is 0 Å². The Labute approximate surface area is 121 Å². The minimum atomic E-state index is -4.28. The second kappa shape index (κ2) is 4.75. The summed E-state index contributed by atoms with van der Waals surface area (Å²) >= 11 is 0. The molecule has 1 heterocycles. The van der Waals surface area contributed by atoms with Gasteiger partial charge in [0.1, 0.15) is 0 Å². The smallest absolute Gasteiger partial charge is 0.344 e. The predicted molar refractivity (Wildman–Crippen MR) is 72.7 cm³/mol. The zero-order valence-corrected chi connectivity index (χ0v) is 11.9. The normalized spacial score (nSPS) is 21.0. The first kappa shape index (κ1) is 14.4. The van der Waals surface area contributed by atoms with E-state index in [9.17, 15) is 18.0 Å². The van der Waals surface area contributed by atoms with Crippen molar-refractivity contribution in [2.24, 2.45) is 11.3 Å². The zero-order chi connectivity index (χ0) is 15.3. The first-order valence-electron chi connectivity index (χ1n) is 7.17. The van der Waals surface area contributed by atoms with Crippen LogP contribution in [0.25, 0.3) is 0 Å². The molecule has 1 aliphatic heterocycles. The van der Waals surface area contributed by atoms with E-state index in [1.165, 1.54) is 13.0 Å². The third kappa shape index (κ3) is 2.65. The van der Waals surface area contributed by atoms with Crippen LogP contribution in [0.1, 0.15) is 29.5 Å². The summed E-state index contributed by atoms with van der Waals surface area (Å²) in [7, 11) is 0. The second-order valence-corrected chi connectivity index (χ2v) is 6.64. The number of hydrogen-bond acceptors (Lipinski definition) is 1. The van der Waals surface area contributed by atoms with Crippen molar-refractivity contribution >= 4 is 6.41 Å². The van der Waals surface area contributed by atoms with Gasteiger partial charge < -0.3 is 4.90 Å². The zero-order valence-electron chi connectivity index (χ0n) is 11.9. The van der Waals surface area contributed by atoms with Crippen molar-refractivity contribution in [2.45, 2.75) is 32.4 Å². The molecule has 21 heavy (non-hydrogen) atoms. The van der Waals surface area contributed by atoms with Crippen LogP contribution in [0, 0.1) is 18.3 Å². The van der Waals surface area contributed by atoms with Gasteiger partial charge in [0, 0.05) is 18.5 Å². The van der Waals surface area contributed by atoms with Crippen LogP contribution in [0.4, 0.5) is 13.2 Å². The monoisotopic (exact) mass is 297 g/mol. The number of aryl methyl sites for hydroxylation is 1. The van der Waals surface area contributed by atoms with Gasteiger partial charge in [-0.05, 0) is 49.3 Å². The largest absolute Gasteiger partial charge is 0.416 e. The lowest BCUT2D eigenvalue weighted by molar-refractivity contribution is -0.141. The van der Waals surface area contributed by atoms with E-state index in [1.54, 1.807) is 17.0 Å². The van der Waals surface area contributed by atoms with E-state index >= 15 is 0 Å². The van der Waals surface area contributed by atoms with Crippen molar-refractivity contribution in [2.75, 3.05) is 13.1 Å². The Morgan fingerprint density at radius 3 is 2.57 bits per heavy atom. The van der Waals surface area contributed by atoms with Gasteiger partial charge in [0.05, 0.1) is 5.56 Å². The number of halogens is 3. The second-order valence-electron chi connectivity index (χ2n) is 6.64. The van der Waals surface area contributed by atoms with Gasteiger partial charge in [0.25, 0.3) is 0 Å². The molecule has 0 bridgehead atoms. The van der Waals surface area contributed by atoms with Crippen molar-refractivity contribution in [1.82, 2.24) is 4.90 Å². The topological polar surface area (TPSA) is 20.3 Å². The van der Waals surface area contributed by atoms with Crippen molar-refractivity contribution in [3.8, 4) is 0 Å². The Kier molecular flexibility index (Phi) is 3.26. The van der Waals surface area contributed by atoms with Crippen LogP contribution in [0.15, 0.2) is 18.2 Å². The van der Waals surface area contributed by atoms with Gasteiger partial charge in [-0.1, -0.05) is 12.1 Å². The Hall–Kier alpha value is -1.52. The molecule has 1 aliphatic carbocycles. The minimum absolute atomic E-state index is 0.267. The molecule has 1 aromatic rings. The van der Waals surface area contributed by atoms with Gasteiger partial charge in [-0.2, -0.15) is 13.2 Å². The van der Waals surface area contributed by atoms with Crippen molar-refractivity contribution in [3.05, 3.63) is 34.9 Å². The third-order valence-electron chi connectivity index (χ3n) is 4.80. The standard InChI is InChI=1S/C16H18F3NO/c1-11-2-3-12(5-14(11)16(17,18)19)4-13-6-15(7-13)8-20(9-15)10-21/h2-3,5,10,13H,4,6-9H2,1H3. The van der Waals surface area contributed by atoms with E-state index in [2.05, 4.69) is 0 Å². The average Bonchev–Trinajstić information content (AvgIpc) is 2.31. The highest BCUT2D eigenvalue weighted by atomic mass is 19.4. The molecule has 0 radical (unpaired) electrons. The number of carbonyl (C=O) groups excluding carboxylic acids is 1. The van der Waals surface area contributed by atoms with E-state index in [0.29, 0.717) is 12.3 Å². The maximum Gasteiger partial charge on any atom is 0.416 e. The van der Waals surface area contributed by atoms with E-state index in [-0.39, 0.29) is 11.0 Å². The number of amides is 1. The lowest BCUT2D eigenvalue weighted by atomic mass is 9.56. The van der Waals surface area contributed by atoms with E-state index in [0.717, 1.165) is 37.9 Å². The number of likely N-dealkylation sites (tertiary alicyclic amines) is 1. The molecule has 0 N–H and O–H groups in total. The number of hydrogen-bond donors (Lipinski definition) is 0. The van der Waals surface area contributed by atoms with Crippen molar-refractivity contribution < 1.29 is 18.0 Å². The lowest BCUT2D eigenvalue weighted by Crippen LogP contribution is -2.61. The molecule has 2 aliphatic rings. The van der Waals surface area contributed by atoms with Gasteiger partial charge >= 0.3 is 6.18 Å². The molecule has 1 spiro atoms. The van der Waals surface area contributed by atoms with Crippen LogP contribution >= 0.6 is 0 Å². The molecule has 1 saturated heterocycles. The Morgan fingerprint density at radius 1 is 1.33 bits per heavy atom. The van der Waals surface area contributed by atoms with Crippen molar-refractivity contribution in [1.29, 1.82) is 0 Å². The van der Waals surface area contributed by atoms with Gasteiger partial charge in [-0.15, -0.1) is 0 Å². The van der Waals surface area contributed by atoms with Crippen LogP contribution in [-0.2, 0) is 17.4 Å². The number of benzene rings is 1. The number of rotatable bonds is 3. The van der Waals surface area contributed by atoms with Gasteiger partial charge in [0.15, 0.2) is 0 Å². The summed E-state index contributed by atoms with van der Waals surface area (Å²) in [5.41, 5.74) is 0.782. The van der Waals surface area contributed by atoms with Crippen LogP contribution in [-0.4, -0.2) is 24.4 Å². The van der Waals surface area contributed by atoms with Gasteiger partial charge in [-0.25, -0.2) is 0 Å². The fourth-order valence-corrected chi connectivity index (χ4v) is 3.89. The maximum atomic E-state index is 12.9. The Bertz CT molecular complexity index is 553. The molecule has 0 atom stereocenters. The quantitative estimate of drug-likeness (QED) is 0.783. The maximum absolute atomic E-state index is 12.9. The average molecular weight is 297 g/mol. The third-order valence-corrected chi connectivity index (χ3v) is 4.80. The summed E-state index contributed by atoms with van der Waals surface area (Å²) in [5, 5.41) is 0.